The van der Waals surface area contributed by atoms with Crippen molar-refractivity contribution in [2.45, 2.75) is 41.5 Å². The van der Waals surface area contributed by atoms with Crippen LogP contribution in [0.1, 0.15) is 46.4 Å². The standard InChI is InChI=1S/C28H22N2O4S/c31-26(21-15-17-7-1-5-11-23(17)34-28(21)33)29-18-13-14-22-25(16-18)35-24-12-6-4-10-20(24)27(32)30(22)19-8-2-3-9-19/h1,4-7,10-16,19H,2-3,8-9H2,(H,29,31). The Morgan fingerprint density at radius 1 is 0.914 bits per heavy atom. The van der Waals surface area contributed by atoms with Gasteiger partial charge in [-0.25, -0.2) is 4.79 Å². The molecule has 6 nitrogen and oxygen atoms in total. The van der Waals surface area contributed by atoms with Gasteiger partial charge >= 0.3 is 5.63 Å². The lowest BCUT2D eigenvalue weighted by Crippen LogP contribution is -2.39. The molecule has 0 spiro atoms. The van der Waals surface area contributed by atoms with E-state index < -0.39 is 11.5 Å². The Labute approximate surface area is 205 Å². The van der Waals surface area contributed by atoms with Crippen LogP contribution in [-0.2, 0) is 0 Å². The second-order valence-electron chi connectivity index (χ2n) is 8.83. The van der Waals surface area contributed by atoms with Crippen LogP contribution in [0, 0.1) is 0 Å². The molecule has 2 heterocycles. The van der Waals surface area contributed by atoms with E-state index in [-0.39, 0.29) is 17.5 Å². The maximum atomic E-state index is 13.6. The lowest BCUT2D eigenvalue weighted by Gasteiger charge is -2.29. The highest BCUT2D eigenvalue weighted by Gasteiger charge is 2.34. The largest absolute Gasteiger partial charge is 0.422 e. The SMILES string of the molecule is O=C(Nc1ccc2c(c1)Sc1ccccc1C(=O)N2C1CCCC1)c1cc2ccccc2oc1=O. The molecule has 0 saturated heterocycles. The van der Waals surface area contributed by atoms with Crippen molar-refractivity contribution in [2.75, 3.05) is 10.2 Å². The van der Waals surface area contributed by atoms with Crippen molar-refractivity contribution in [1.29, 1.82) is 0 Å². The quantitative estimate of drug-likeness (QED) is 0.357. The first-order chi connectivity index (χ1) is 17.1. The van der Waals surface area contributed by atoms with E-state index >= 15 is 0 Å². The Bertz CT molecular complexity index is 1540. The predicted molar refractivity (Wildman–Crippen MR) is 137 cm³/mol. The molecule has 1 aromatic heterocycles. The maximum absolute atomic E-state index is 13.6. The number of hydrogen-bond donors (Lipinski definition) is 1. The first-order valence-corrected chi connectivity index (χ1v) is 12.5. The van der Waals surface area contributed by atoms with Gasteiger partial charge in [-0.2, -0.15) is 0 Å². The summed E-state index contributed by atoms with van der Waals surface area (Å²) in [5, 5.41) is 3.52. The van der Waals surface area contributed by atoms with E-state index in [0.29, 0.717) is 22.2 Å². The van der Waals surface area contributed by atoms with Gasteiger partial charge in [0, 0.05) is 26.9 Å². The first-order valence-electron chi connectivity index (χ1n) is 11.7. The second kappa shape index (κ2) is 8.74. The number of carbonyl (C=O) groups is 2. The predicted octanol–water partition coefficient (Wildman–Crippen LogP) is 6.10. The van der Waals surface area contributed by atoms with Crippen LogP contribution >= 0.6 is 11.8 Å². The maximum Gasteiger partial charge on any atom is 0.349 e. The summed E-state index contributed by atoms with van der Waals surface area (Å²) in [6, 6.07) is 22.0. The minimum Gasteiger partial charge on any atom is -0.422 e. The molecule has 1 fully saturated rings. The molecule has 4 aromatic rings. The number of hydrogen-bond acceptors (Lipinski definition) is 5. The minimum atomic E-state index is -0.683. The zero-order valence-corrected chi connectivity index (χ0v) is 19.6. The molecule has 2 aliphatic rings. The fourth-order valence-electron chi connectivity index (χ4n) is 4.91. The lowest BCUT2D eigenvalue weighted by atomic mass is 10.1. The van der Waals surface area contributed by atoms with Crippen molar-refractivity contribution in [3.8, 4) is 0 Å². The Balaban J connectivity index is 1.37. The van der Waals surface area contributed by atoms with Crippen molar-refractivity contribution in [3.05, 3.63) is 94.3 Å². The number of fused-ring (bicyclic) bond motifs is 3. The number of amides is 2. The minimum absolute atomic E-state index is 0.0179. The van der Waals surface area contributed by atoms with E-state index in [1.807, 2.05) is 47.4 Å². The molecule has 1 aliphatic heterocycles. The van der Waals surface area contributed by atoms with Crippen molar-refractivity contribution in [3.63, 3.8) is 0 Å². The monoisotopic (exact) mass is 482 g/mol. The number of para-hydroxylation sites is 1. The average molecular weight is 483 g/mol. The fraction of sp³-hybridized carbons (Fsp3) is 0.179. The summed E-state index contributed by atoms with van der Waals surface area (Å²) in [4.78, 5) is 42.7. The van der Waals surface area contributed by atoms with Crippen LogP contribution in [0.5, 0.6) is 0 Å². The third-order valence-electron chi connectivity index (χ3n) is 6.61. The summed E-state index contributed by atoms with van der Waals surface area (Å²) in [7, 11) is 0. The first kappa shape index (κ1) is 21.7. The van der Waals surface area contributed by atoms with Crippen LogP contribution < -0.4 is 15.8 Å². The number of nitrogens with one attached hydrogen (secondary N) is 1. The van der Waals surface area contributed by atoms with Crippen LogP contribution in [0.4, 0.5) is 11.4 Å². The Morgan fingerprint density at radius 2 is 1.69 bits per heavy atom. The molecule has 3 aromatic carbocycles. The molecular weight excluding hydrogens is 460 g/mol. The van der Waals surface area contributed by atoms with Crippen molar-refractivity contribution in [2.24, 2.45) is 0 Å². The van der Waals surface area contributed by atoms with Crippen LogP contribution in [0.3, 0.4) is 0 Å². The Morgan fingerprint density at radius 3 is 2.54 bits per heavy atom. The van der Waals surface area contributed by atoms with Crippen molar-refractivity contribution in [1.82, 2.24) is 0 Å². The zero-order chi connectivity index (χ0) is 23.9. The molecule has 1 aliphatic carbocycles. The Hall–Kier alpha value is -3.84. The summed E-state index contributed by atoms with van der Waals surface area (Å²) in [5.74, 6) is -0.517. The summed E-state index contributed by atoms with van der Waals surface area (Å²) in [5.41, 5.74) is 1.79. The topological polar surface area (TPSA) is 79.6 Å². The van der Waals surface area contributed by atoms with Gasteiger partial charge in [0.2, 0.25) is 0 Å². The third-order valence-corrected chi connectivity index (χ3v) is 7.73. The highest BCUT2D eigenvalue weighted by Crippen LogP contribution is 2.44. The molecule has 0 atom stereocenters. The number of carbonyl (C=O) groups excluding carboxylic acids is 2. The van der Waals surface area contributed by atoms with Crippen LogP contribution in [0.2, 0.25) is 0 Å². The number of nitrogens with zero attached hydrogens (tertiary/aromatic N) is 1. The fourth-order valence-corrected chi connectivity index (χ4v) is 6.01. The number of anilines is 2. The van der Waals surface area contributed by atoms with E-state index in [0.717, 1.165) is 41.2 Å². The molecule has 1 N–H and O–H groups in total. The molecule has 2 amide bonds. The van der Waals surface area contributed by atoms with Gasteiger partial charge in [0.15, 0.2) is 0 Å². The van der Waals surface area contributed by atoms with Gasteiger partial charge in [-0.1, -0.05) is 54.9 Å². The highest BCUT2D eigenvalue weighted by molar-refractivity contribution is 7.99. The number of benzene rings is 3. The third kappa shape index (κ3) is 3.91. The lowest BCUT2D eigenvalue weighted by molar-refractivity contribution is 0.0972. The highest BCUT2D eigenvalue weighted by atomic mass is 32.2. The molecule has 6 rings (SSSR count). The van der Waals surface area contributed by atoms with Gasteiger partial charge < -0.3 is 14.6 Å². The van der Waals surface area contributed by atoms with E-state index in [1.54, 1.807) is 30.3 Å². The second-order valence-corrected chi connectivity index (χ2v) is 9.92. The van der Waals surface area contributed by atoms with Crippen LogP contribution in [0.25, 0.3) is 11.0 Å². The molecule has 174 valence electrons. The average Bonchev–Trinajstić information content (AvgIpc) is 3.36. The molecule has 1 saturated carbocycles. The van der Waals surface area contributed by atoms with Gasteiger partial charge in [0.25, 0.3) is 11.8 Å². The van der Waals surface area contributed by atoms with E-state index in [4.69, 9.17) is 4.42 Å². The molecule has 7 heteroatoms. The summed E-state index contributed by atoms with van der Waals surface area (Å²) in [6.07, 6.45) is 4.19. The van der Waals surface area contributed by atoms with Gasteiger partial charge in [-0.15, -0.1) is 0 Å². The molecule has 0 radical (unpaired) electrons. The van der Waals surface area contributed by atoms with Crippen molar-refractivity contribution >= 4 is 45.9 Å². The van der Waals surface area contributed by atoms with Gasteiger partial charge in [0.05, 0.1) is 11.3 Å². The summed E-state index contributed by atoms with van der Waals surface area (Å²) < 4.78 is 5.32. The summed E-state index contributed by atoms with van der Waals surface area (Å²) in [6.45, 7) is 0. The smallest absolute Gasteiger partial charge is 0.349 e. The van der Waals surface area contributed by atoms with Crippen LogP contribution in [0.15, 0.2) is 91.8 Å². The number of rotatable bonds is 3. The van der Waals surface area contributed by atoms with Gasteiger partial charge in [-0.3, -0.25) is 9.59 Å². The van der Waals surface area contributed by atoms with Crippen molar-refractivity contribution < 1.29 is 14.0 Å². The molecule has 0 unspecified atom stereocenters. The van der Waals surface area contributed by atoms with Gasteiger partial charge in [-0.05, 0) is 55.3 Å². The zero-order valence-electron chi connectivity index (χ0n) is 18.8. The van der Waals surface area contributed by atoms with Gasteiger partial charge in [0.1, 0.15) is 11.1 Å². The molecular formula is C28H22N2O4S. The van der Waals surface area contributed by atoms with E-state index in [1.165, 1.54) is 11.8 Å². The van der Waals surface area contributed by atoms with E-state index in [2.05, 4.69) is 5.32 Å². The van der Waals surface area contributed by atoms with Crippen LogP contribution in [-0.4, -0.2) is 17.9 Å². The Kier molecular flexibility index (Phi) is 5.41. The normalized spacial score (nSPS) is 15.5. The molecule has 35 heavy (non-hydrogen) atoms. The molecule has 0 bridgehead atoms. The summed E-state index contributed by atoms with van der Waals surface area (Å²) >= 11 is 1.52. The van der Waals surface area contributed by atoms with E-state index in [9.17, 15) is 14.4 Å².